The standard InChI is InChI=1S/C22H19ClN2O5/c1-28-19-8-2-14(3-9-19)20-11-17(24-30-20)13-29-22(27)15-10-21(26)25(12-15)18-6-4-16(23)5-7-18/h2-9,11,15H,10,12-13H2,1H3. The Morgan fingerprint density at radius 3 is 2.63 bits per heavy atom. The maximum atomic E-state index is 12.4. The Bertz CT molecular complexity index is 1050. The van der Waals surface area contributed by atoms with Crippen molar-refractivity contribution in [3.8, 4) is 17.1 Å². The maximum absolute atomic E-state index is 12.4. The summed E-state index contributed by atoms with van der Waals surface area (Å²) in [6.45, 7) is 0.249. The van der Waals surface area contributed by atoms with Crippen LogP contribution in [0, 0.1) is 5.92 Å². The van der Waals surface area contributed by atoms with Crippen LogP contribution in [0.3, 0.4) is 0 Å². The largest absolute Gasteiger partial charge is 0.497 e. The van der Waals surface area contributed by atoms with E-state index >= 15 is 0 Å². The zero-order valence-corrected chi connectivity index (χ0v) is 17.0. The lowest BCUT2D eigenvalue weighted by molar-refractivity contribution is -0.149. The molecule has 1 fully saturated rings. The number of methoxy groups -OCH3 is 1. The highest BCUT2D eigenvalue weighted by Crippen LogP contribution is 2.28. The van der Waals surface area contributed by atoms with Crippen molar-refractivity contribution in [1.29, 1.82) is 0 Å². The molecule has 154 valence electrons. The Hall–Kier alpha value is -3.32. The molecule has 0 bridgehead atoms. The molecule has 1 unspecified atom stereocenters. The highest BCUT2D eigenvalue weighted by molar-refractivity contribution is 6.30. The summed E-state index contributed by atoms with van der Waals surface area (Å²) in [5.41, 5.74) is 2.04. The summed E-state index contributed by atoms with van der Waals surface area (Å²) in [4.78, 5) is 26.3. The van der Waals surface area contributed by atoms with E-state index in [1.165, 1.54) is 0 Å². The van der Waals surface area contributed by atoms with Crippen LogP contribution in [0.2, 0.25) is 5.02 Å². The number of aromatic nitrogens is 1. The third-order valence-electron chi connectivity index (χ3n) is 4.89. The van der Waals surface area contributed by atoms with Gasteiger partial charge in [-0.3, -0.25) is 9.59 Å². The molecule has 3 aromatic rings. The van der Waals surface area contributed by atoms with Gasteiger partial charge in [0, 0.05) is 35.3 Å². The van der Waals surface area contributed by atoms with Gasteiger partial charge >= 0.3 is 5.97 Å². The van der Waals surface area contributed by atoms with Gasteiger partial charge in [-0.2, -0.15) is 0 Å². The molecule has 8 heteroatoms. The Morgan fingerprint density at radius 1 is 1.20 bits per heavy atom. The summed E-state index contributed by atoms with van der Waals surface area (Å²) in [5.74, 6) is 0.220. The predicted octanol–water partition coefficient (Wildman–Crippen LogP) is 4.10. The van der Waals surface area contributed by atoms with Gasteiger partial charge in [-0.1, -0.05) is 16.8 Å². The van der Waals surface area contributed by atoms with Crippen LogP contribution in [-0.4, -0.2) is 30.7 Å². The van der Waals surface area contributed by atoms with Crippen molar-refractivity contribution in [3.63, 3.8) is 0 Å². The zero-order chi connectivity index (χ0) is 21.1. The fourth-order valence-corrected chi connectivity index (χ4v) is 3.40. The first-order chi connectivity index (χ1) is 14.5. The minimum Gasteiger partial charge on any atom is -0.497 e. The van der Waals surface area contributed by atoms with Gasteiger partial charge in [-0.25, -0.2) is 0 Å². The highest BCUT2D eigenvalue weighted by Gasteiger charge is 2.36. The van der Waals surface area contributed by atoms with E-state index in [0.29, 0.717) is 22.2 Å². The number of esters is 1. The molecule has 1 amide bonds. The number of hydrogen-bond donors (Lipinski definition) is 0. The van der Waals surface area contributed by atoms with E-state index in [2.05, 4.69) is 5.16 Å². The van der Waals surface area contributed by atoms with Crippen molar-refractivity contribution in [3.05, 3.63) is 65.3 Å². The third-order valence-corrected chi connectivity index (χ3v) is 5.14. The molecule has 1 atom stereocenters. The number of benzene rings is 2. The molecule has 0 N–H and O–H groups in total. The van der Waals surface area contributed by atoms with Crippen LogP contribution in [0.1, 0.15) is 12.1 Å². The minimum absolute atomic E-state index is 0.0237. The fraction of sp³-hybridized carbons (Fsp3) is 0.227. The number of amides is 1. The Kier molecular flexibility index (Phi) is 5.72. The molecule has 2 aromatic carbocycles. The molecule has 1 aliphatic rings. The predicted molar refractivity (Wildman–Crippen MR) is 110 cm³/mol. The summed E-state index contributed by atoms with van der Waals surface area (Å²) in [7, 11) is 1.60. The second-order valence-electron chi connectivity index (χ2n) is 6.90. The molecule has 0 radical (unpaired) electrons. The van der Waals surface area contributed by atoms with E-state index in [4.69, 9.17) is 25.6 Å². The van der Waals surface area contributed by atoms with Gasteiger partial charge in [0.15, 0.2) is 5.76 Å². The van der Waals surface area contributed by atoms with Crippen molar-refractivity contribution in [2.24, 2.45) is 5.92 Å². The van der Waals surface area contributed by atoms with E-state index < -0.39 is 11.9 Å². The van der Waals surface area contributed by atoms with Crippen LogP contribution in [0.5, 0.6) is 5.75 Å². The van der Waals surface area contributed by atoms with Crippen LogP contribution >= 0.6 is 11.6 Å². The average Bonchev–Trinajstić information content (AvgIpc) is 3.40. The molecule has 1 aliphatic heterocycles. The van der Waals surface area contributed by atoms with Crippen LogP contribution < -0.4 is 9.64 Å². The smallest absolute Gasteiger partial charge is 0.311 e. The molecule has 7 nitrogen and oxygen atoms in total. The molecule has 2 heterocycles. The second-order valence-corrected chi connectivity index (χ2v) is 7.34. The van der Waals surface area contributed by atoms with Crippen LogP contribution in [0.25, 0.3) is 11.3 Å². The number of carbonyl (C=O) groups is 2. The first-order valence-corrected chi connectivity index (χ1v) is 9.74. The van der Waals surface area contributed by atoms with Gasteiger partial charge in [0.25, 0.3) is 0 Å². The number of halogens is 1. The quantitative estimate of drug-likeness (QED) is 0.552. The molecule has 1 saturated heterocycles. The van der Waals surface area contributed by atoms with Crippen molar-refractivity contribution in [2.75, 3.05) is 18.6 Å². The van der Waals surface area contributed by atoms with E-state index in [-0.39, 0.29) is 25.5 Å². The SMILES string of the molecule is COc1ccc(-c2cc(COC(=O)C3CC(=O)N(c4ccc(Cl)cc4)C3)no2)cc1. The van der Waals surface area contributed by atoms with E-state index in [9.17, 15) is 9.59 Å². The summed E-state index contributed by atoms with van der Waals surface area (Å²) in [6.07, 6.45) is 0.109. The molecule has 1 aromatic heterocycles. The first kappa shape index (κ1) is 20.0. The van der Waals surface area contributed by atoms with Crippen molar-refractivity contribution < 1.29 is 23.6 Å². The third kappa shape index (κ3) is 4.31. The van der Waals surface area contributed by atoms with Gasteiger partial charge in [0.2, 0.25) is 5.91 Å². The van der Waals surface area contributed by atoms with Crippen LogP contribution in [0.15, 0.2) is 59.1 Å². The van der Waals surface area contributed by atoms with Crippen LogP contribution in [-0.2, 0) is 20.9 Å². The van der Waals surface area contributed by atoms with Gasteiger partial charge in [-0.15, -0.1) is 0 Å². The highest BCUT2D eigenvalue weighted by atomic mass is 35.5. The number of carbonyl (C=O) groups excluding carboxylic acids is 2. The Morgan fingerprint density at radius 2 is 1.93 bits per heavy atom. The van der Waals surface area contributed by atoms with Gasteiger partial charge in [0.1, 0.15) is 18.1 Å². The molecular weight excluding hydrogens is 408 g/mol. The van der Waals surface area contributed by atoms with E-state index in [1.54, 1.807) is 42.3 Å². The molecule has 0 saturated carbocycles. The molecule has 30 heavy (non-hydrogen) atoms. The van der Waals surface area contributed by atoms with Crippen molar-refractivity contribution >= 4 is 29.2 Å². The lowest BCUT2D eigenvalue weighted by Gasteiger charge is -2.16. The number of anilines is 1. The van der Waals surface area contributed by atoms with E-state index in [1.807, 2.05) is 24.3 Å². The monoisotopic (exact) mass is 426 g/mol. The lowest BCUT2D eigenvalue weighted by atomic mass is 10.1. The van der Waals surface area contributed by atoms with Crippen molar-refractivity contribution in [2.45, 2.75) is 13.0 Å². The second kappa shape index (κ2) is 8.59. The number of rotatable bonds is 6. The minimum atomic E-state index is -0.527. The maximum Gasteiger partial charge on any atom is 0.311 e. The normalized spacial score (nSPS) is 16.0. The zero-order valence-electron chi connectivity index (χ0n) is 16.2. The topological polar surface area (TPSA) is 81.9 Å². The van der Waals surface area contributed by atoms with E-state index in [0.717, 1.165) is 11.3 Å². The summed E-state index contributed by atoms with van der Waals surface area (Å²) < 4.78 is 15.8. The van der Waals surface area contributed by atoms with Crippen molar-refractivity contribution in [1.82, 2.24) is 5.16 Å². The molecular formula is C22H19ClN2O5. The first-order valence-electron chi connectivity index (χ1n) is 9.36. The molecule has 0 aliphatic carbocycles. The Labute approximate surface area is 178 Å². The lowest BCUT2D eigenvalue weighted by Crippen LogP contribution is -2.26. The molecule has 0 spiro atoms. The van der Waals surface area contributed by atoms with Gasteiger partial charge in [0.05, 0.1) is 13.0 Å². The number of nitrogens with zero attached hydrogens (tertiary/aromatic N) is 2. The van der Waals surface area contributed by atoms with Gasteiger partial charge < -0.3 is 18.9 Å². The number of hydrogen-bond acceptors (Lipinski definition) is 6. The average molecular weight is 427 g/mol. The number of ether oxygens (including phenoxy) is 2. The fourth-order valence-electron chi connectivity index (χ4n) is 3.27. The summed E-state index contributed by atoms with van der Waals surface area (Å²) in [5, 5.41) is 4.53. The Balaban J connectivity index is 1.34. The van der Waals surface area contributed by atoms with Crippen LogP contribution in [0.4, 0.5) is 5.69 Å². The molecule has 4 rings (SSSR count). The van der Waals surface area contributed by atoms with Gasteiger partial charge in [-0.05, 0) is 48.5 Å². The summed E-state index contributed by atoms with van der Waals surface area (Å²) >= 11 is 5.89. The summed E-state index contributed by atoms with van der Waals surface area (Å²) in [6, 6.07) is 16.0.